The van der Waals surface area contributed by atoms with E-state index in [1.807, 2.05) is 6.07 Å². The molecule has 0 spiro atoms. The van der Waals surface area contributed by atoms with Gasteiger partial charge in [0, 0.05) is 17.1 Å². The van der Waals surface area contributed by atoms with Crippen LogP contribution in [0, 0.1) is 0 Å². The van der Waals surface area contributed by atoms with E-state index in [4.69, 9.17) is 9.97 Å². The Balaban J connectivity index is 1.32. The summed E-state index contributed by atoms with van der Waals surface area (Å²) in [5.74, 6) is 0. The van der Waals surface area contributed by atoms with Crippen LogP contribution in [0.2, 0.25) is 0 Å². The van der Waals surface area contributed by atoms with Gasteiger partial charge in [-0.1, -0.05) is 66.7 Å². The summed E-state index contributed by atoms with van der Waals surface area (Å²) < 4.78 is 3.41. The molecule has 7 rings (SSSR count). The van der Waals surface area contributed by atoms with Crippen LogP contribution in [0.3, 0.4) is 0 Å². The molecule has 0 bridgehead atoms. The molecule has 3 aromatic heterocycles. The average Bonchev–Trinajstić information content (AvgIpc) is 3.45. The fourth-order valence-electron chi connectivity index (χ4n) is 4.42. The predicted molar refractivity (Wildman–Crippen MR) is 134 cm³/mol. The van der Waals surface area contributed by atoms with E-state index in [1.54, 1.807) is 11.3 Å². The van der Waals surface area contributed by atoms with Crippen LogP contribution in [0.4, 0.5) is 0 Å². The molecule has 0 N–H and O–H groups in total. The Hall–Kier alpha value is -4.02. The minimum atomic E-state index is 1.00. The molecule has 0 atom stereocenters. The van der Waals surface area contributed by atoms with Crippen LogP contribution in [-0.2, 0) is 0 Å². The fraction of sp³-hybridized carbons (Fsp3) is 0. The Morgan fingerprint density at radius 3 is 2.31 bits per heavy atom. The lowest BCUT2D eigenvalue weighted by Gasteiger charge is -2.04. The molecule has 3 nitrogen and oxygen atoms in total. The molecule has 0 aliphatic rings. The maximum Gasteiger partial charge on any atom is 0.145 e. The largest absolute Gasteiger partial charge is 0.299 e. The first-order valence-corrected chi connectivity index (χ1v) is 11.4. The minimum absolute atomic E-state index is 1.00. The van der Waals surface area contributed by atoms with E-state index in [0.29, 0.717) is 0 Å². The van der Waals surface area contributed by atoms with Crippen molar-refractivity contribution in [3.05, 3.63) is 103 Å². The molecule has 0 fully saturated rings. The van der Waals surface area contributed by atoms with Gasteiger partial charge in [-0.2, -0.15) is 0 Å². The van der Waals surface area contributed by atoms with Gasteiger partial charge in [0.2, 0.25) is 0 Å². The first-order chi connectivity index (χ1) is 15.8. The van der Waals surface area contributed by atoms with Crippen molar-refractivity contribution in [3.8, 4) is 21.7 Å². The summed E-state index contributed by atoms with van der Waals surface area (Å²) in [6.07, 6.45) is 2.12. The smallest absolute Gasteiger partial charge is 0.145 e. The molecule has 0 saturated carbocycles. The molecule has 150 valence electrons. The first-order valence-electron chi connectivity index (χ1n) is 10.6. The Kier molecular flexibility index (Phi) is 3.72. The Bertz CT molecular complexity index is 1740. The molecule has 4 aromatic carbocycles. The number of aromatic nitrogens is 3. The number of hydrogen-bond acceptors (Lipinski definition) is 3. The number of fused-ring (bicyclic) bond motifs is 6. The molecule has 32 heavy (non-hydrogen) atoms. The van der Waals surface area contributed by atoms with Crippen molar-refractivity contribution >= 4 is 49.0 Å². The molecule has 0 unspecified atom stereocenters. The van der Waals surface area contributed by atoms with E-state index >= 15 is 0 Å². The van der Waals surface area contributed by atoms with Gasteiger partial charge in [0.1, 0.15) is 10.7 Å². The monoisotopic (exact) mass is 427 g/mol. The standard InChI is InChI=1S/C28H17N3S/c1-2-6-22-19(5-1)15-16-31-25-17-21(13-14-23(25)29-27(22)31)18-9-11-20(12-10-18)28-30-24-7-3-4-8-26(24)32-28/h1-17H. The number of nitrogens with zero attached hydrogens (tertiary/aromatic N) is 3. The van der Waals surface area contributed by atoms with E-state index in [9.17, 15) is 0 Å². The topological polar surface area (TPSA) is 30.2 Å². The Labute approximate surface area is 188 Å². The molecule has 3 heterocycles. The van der Waals surface area contributed by atoms with Crippen LogP contribution in [-0.4, -0.2) is 14.4 Å². The molecule has 0 radical (unpaired) electrons. The maximum atomic E-state index is 4.91. The molecular formula is C28H17N3S. The highest BCUT2D eigenvalue weighted by Gasteiger charge is 2.10. The second kappa shape index (κ2) is 6.74. The number of pyridine rings is 1. The Morgan fingerprint density at radius 2 is 1.41 bits per heavy atom. The van der Waals surface area contributed by atoms with Crippen LogP contribution in [0.1, 0.15) is 0 Å². The highest BCUT2D eigenvalue weighted by atomic mass is 32.1. The minimum Gasteiger partial charge on any atom is -0.299 e. The highest BCUT2D eigenvalue weighted by Crippen LogP contribution is 2.32. The number of imidazole rings is 1. The lowest BCUT2D eigenvalue weighted by atomic mass is 10.0. The summed E-state index contributed by atoms with van der Waals surface area (Å²) in [5, 5.41) is 3.44. The predicted octanol–water partition coefficient (Wildman–Crippen LogP) is 7.58. The molecule has 4 heteroatoms. The molecule has 0 saturated heterocycles. The lowest BCUT2D eigenvalue weighted by molar-refractivity contribution is 1.25. The third-order valence-electron chi connectivity index (χ3n) is 6.05. The van der Waals surface area contributed by atoms with Gasteiger partial charge in [0.05, 0.1) is 21.3 Å². The zero-order valence-corrected chi connectivity index (χ0v) is 17.9. The second-order valence-electron chi connectivity index (χ2n) is 7.98. The van der Waals surface area contributed by atoms with E-state index < -0.39 is 0 Å². The third kappa shape index (κ3) is 2.67. The summed E-state index contributed by atoms with van der Waals surface area (Å²) >= 11 is 1.73. The van der Waals surface area contributed by atoms with E-state index in [0.717, 1.165) is 32.8 Å². The summed E-state index contributed by atoms with van der Waals surface area (Å²) in [4.78, 5) is 9.69. The van der Waals surface area contributed by atoms with Crippen molar-refractivity contribution in [2.75, 3.05) is 0 Å². The number of rotatable bonds is 2. The summed E-state index contributed by atoms with van der Waals surface area (Å²) in [7, 11) is 0. The molecular weight excluding hydrogens is 410 g/mol. The fourth-order valence-corrected chi connectivity index (χ4v) is 5.39. The van der Waals surface area contributed by atoms with Crippen molar-refractivity contribution in [2.45, 2.75) is 0 Å². The molecule has 0 aliphatic heterocycles. The van der Waals surface area contributed by atoms with Gasteiger partial charge in [-0.3, -0.25) is 4.40 Å². The number of para-hydroxylation sites is 1. The second-order valence-corrected chi connectivity index (χ2v) is 9.01. The van der Waals surface area contributed by atoms with Gasteiger partial charge in [0.25, 0.3) is 0 Å². The van der Waals surface area contributed by atoms with Crippen molar-refractivity contribution < 1.29 is 0 Å². The summed E-state index contributed by atoms with van der Waals surface area (Å²) in [6, 6.07) is 34.1. The van der Waals surface area contributed by atoms with Crippen molar-refractivity contribution in [1.82, 2.24) is 14.4 Å². The average molecular weight is 428 g/mol. The first kappa shape index (κ1) is 17.6. The number of thiazole rings is 1. The zero-order valence-electron chi connectivity index (χ0n) is 17.1. The van der Waals surface area contributed by atoms with Gasteiger partial charge in [-0.25, -0.2) is 9.97 Å². The SMILES string of the molecule is c1ccc2c(c1)ccn1c3cc(-c4ccc(-c5nc6ccccc6s5)cc4)ccc3nc21. The zero-order chi connectivity index (χ0) is 21.1. The quantitative estimate of drug-likeness (QED) is 0.285. The van der Waals surface area contributed by atoms with Gasteiger partial charge < -0.3 is 0 Å². The van der Waals surface area contributed by atoms with E-state index in [-0.39, 0.29) is 0 Å². The van der Waals surface area contributed by atoms with Crippen LogP contribution in [0.15, 0.2) is 103 Å². The normalized spacial score (nSPS) is 11.8. The van der Waals surface area contributed by atoms with Crippen LogP contribution >= 0.6 is 11.3 Å². The van der Waals surface area contributed by atoms with Gasteiger partial charge in [0.15, 0.2) is 0 Å². The van der Waals surface area contributed by atoms with Crippen LogP contribution in [0.5, 0.6) is 0 Å². The third-order valence-corrected chi connectivity index (χ3v) is 7.14. The van der Waals surface area contributed by atoms with Crippen molar-refractivity contribution in [1.29, 1.82) is 0 Å². The number of hydrogen-bond donors (Lipinski definition) is 0. The molecule has 0 amide bonds. The Morgan fingerprint density at radius 1 is 0.625 bits per heavy atom. The highest BCUT2D eigenvalue weighted by molar-refractivity contribution is 7.21. The lowest BCUT2D eigenvalue weighted by Crippen LogP contribution is -1.86. The van der Waals surface area contributed by atoms with Crippen LogP contribution in [0.25, 0.3) is 59.4 Å². The van der Waals surface area contributed by atoms with Crippen molar-refractivity contribution in [2.24, 2.45) is 0 Å². The number of benzene rings is 4. The van der Waals surface area contributed by atoms with E-state index in [1.165, 1.54) is 26.6 Å². The van der Waals surface area contributed by atoms with E-state index in [2.05, 4.69) is 102 Å². The van der Waals surface area contributed by atoms with Gasteiger partial charge >= 0.3 is 0 Å². The molecule has 0 aliphatic carbocycles. The summed E-state index contributed by atoms with van der Waals surface area (Å²) in [6.45, 7) is 0. The van der Waals surface area contributed by atoms with Gasteiger partial charge in [-0.15, -0.1) is 11.3 Å². The van der Waals surface area contributed by atoms with Gasteiger partial charge in [-0.05, 0) is 46.8 Å². The molecule has 7 aromatic rings. The van der Waals surface area contributed by atoms with Crippen molar-refractivity contribution in [3.63, 3.8) is 0 Å². The summed E-state index contributed by atoms with van der Waals surface area (Å²) in [5.41, 5.74) is 7.71. The van der Waals surface area contributed by atoms with Crippen LogP contribution < -0.4 is 0 Å². The maximum absolute atomic E-state index is 4.91.